The summed E-state index contributed by atoms with van der Waals surface area (Å²) in [6.45, 7) is 6.59. The average Bonchev–Trinajstić information content (AvgIpc) is 2.29. The van der Waals surface area contributed by atoms with E-state index in [9.17, 15) is 4.79 Å². The van der Waals surface area contributed by atoms with Crippen LogP contribution in [0.15, 0.2) is 30.3 Å². The SMILES string of the molecule is CCC(C(=O)OCC(C)C)c1ccccc1. The summed E-state index contributed by atoms with van der Waals surface area (Å²) in [7, 11) is 0. The molecule has 0 saturated carbocycles. The van der Waals surface area contributed by atoms with Gasteiger partial charge in [-0.15, -0.1) is 0 Å². The van der Waals surface area contributed by atoms with E-state index in [4.69, 9.17) is 4.74 Å². The van der Waals surface area contributed by atoms with Crippen molar-refractivity contribution in [1.29, 1.82) is 0 Å². The minimum absolute atomic E-state index is 0.109. The van der Waals surface area contributed by atoms with Gasteiger partial charge in [-0.05, 0) is 17.9 Å². The van der Waals surface area contributed by atoms with Crippen LogP contribution in [0.5, 0.6) is 0 Å². The molecule has 0 aromatic heterocycles. The van der Waals surface area contributed by atoms with Crippen LogP contribution < -0.4 is 0 Å². The molecule has 1 atom stereocenters. The summed E-state index contributed by atoms with van der Waals surface area (Å²) in [5.41, 5.74) is 1.04. The molecule has 1 aromatic rings. The van der Waals surface area contributed by atoms with Crippen LogP contribution in [-0.4, -0.2) is 12.6 Å². The van der Waals surface area contributed by atoms with Crippen molar-refractivity contribution in [3.8, 4) is 0 Å². The number of carbonyl (C=O) groups excluding carboxylic acids is 1. The molecule has 0 aliphatic carbocycles. The highest BCUT2D eigenvalue weighted by Crippen LogP contribution is 2.20. The van der Waals surface area contributed by atoms with Crippen LogP contribution >= 0.6 is 0 Å². The van der Waals surface area contributed by atoms with Crippen molar-refractivity contribution >= 4 is 5.97 Å². The minimum atomic E-state index is -0.125. The van der Waals surface area contributed by atoms with E-state index in [-0.39, 0.29) is 11.9 Å². The van der Waals surface area contributed by atoms with Gasteiger partial charge in [0.05, 0.1) is 12.5 Å². The summed E-state index contributed by atoms with van der Waals surface area (Å²) in [6, 6.07) is 9.81. The lowest BCUT2D eigenvalue weighted by Crippen LogP contribution is -2.17. The quantitative estimate of drug-likeness (QED) is 0.711. The van der Waals surface area contributed by atoms with Crippen molar-refractivity contribution in [3.63, 3.8) is 0 Å². The van der Waals surface area contributed by atoms with Crippen molar-refractivity contribution < 1.29 is 9.53 Å². The van der Waals surface area contributed by atoms with Gasteiger partial charge in [0.25, 0.3) is 0 Å². The molecule has 0 radical (unpaired) electrons. The Kier molecular flexibility index (Phi) is 5.03. The molecule has 1 unspecified atom stereocenters. The summed E-state index contributed by atoms with van der Waals surface area (Å²) in [5, 5.41) is 0. The third-order valence-corrected chi connectivity index (χ3v) is 2.45. The summed E-state index contributed by atoms with van der Waals surface area (Å²) in [6.07, 6.45) is 0.779. The van der Waals surface area contributed by atoms with Gasteiger partial charge in [0, 0.05) is 0 Å². The largest absolute Gasteiger partial charge is 0.465 e. The Bertz CT molecular complexity index is 317. The molecular weight excluding hydrogens is 200 g/mol. The molecular formula is C14H20O2. The molecule has 1 rings (SSSR count). The number of benzene rings is 1. The molecule has 1 aromatic carbocycles. The Labute approximate surface area is 97.6 Å². The zero-order chi connectivity index (χ0) is 12.0. The van der Waals surface area contributed by atoms with Crippen LogP contribution in [0.1, 0.15) is 38.7 Å². The van der Waals surface area contributed by atoms with E-state index >= 15 is 0 Å². The highest BCUT2D eigenvalue weighted by molar-refractivity contribution is 5.78. The molecule has 0 aliphatic heterocycles. The number of esters is 1. The van der Waals surface area contributed by atoms with Crippen LogP contribution in [0.4, 0.5) is 0 Å². The minimum Gasteiger partial charge on any atom is -0.465 e. The van der Waals surface area contributed by atoms with E-state index < -0.39 is 0 Å². The smallest absolute Gasteiger partial charge is 0.313 e. The van der Waals surface area contributed by atoms with Gasteiger partial charge < -0.3 is 4.74 Å². The fourth-order valence-electron chi connectivity index (χ4n) is 1.57. The Hall–Kier alpha value is -1.31. The van der Waals surface area contributed by atoms with Crippen LogP contribution in [-0.2, 0) is 9.53 Å². The van der Waals surface area contributed by atoms with E-state index in [1.807, 2.05) is 51.1 Å². The van der Waals surface area contributed by atoms with Crippen LogP contribution in [0, 0.1) is 5.92 Å². The van der Waals surface area contributed by atoms with Gasteiger partial charge in [-0.3, -0.25) is 4.79 Å². The molecule has 0 bridgehead atoms. The summed E-state index contributed by atoms with van der Waals surface area (Å²) >= 11 is 0. The maximum Gasteiger partial charge on any atom is 0.313 e. The second kappa shape index (κ2) is 6.31. The van der Waals surface area contributed by atoms with Crippen molar-refractivity contribution in [2.45, 2.75) is 33.1 Å². The van der Waals surface area contributed by atoms with E-state index in [1.165, 1.54) is 0 Å². The van der Waals surface area contributed by atoms with E-state index in [0.29, 0.717) is 12.5 Å². The molecule has 0 aliphatic rings. The maximum absolute atomic E-state index is 11.9. The standard InChI is InChI=1S/C14H20O2/c1-4-13(12-8-6-5-7-9-12)14(15)16-10-11(2)3/h5-9,11,13H,4,10H2,1-3H3. The zero-order valence-corrected chi connectivity index (χ0v) is 10.3. The zero-order valence-electron chi connectivity index (χ0n) is 10.3. The lowest BCUT2D eigenvalue weighted by molar-refractivity contribution is -0.146. The second-order valence-electron chi connectivity index (χ2n) is 4.40. The molecule has 2 heteroatoms. The number of hydrogen-bond donors (Lipinski definition) is 0. The Morgan fingerprint density at radius 2 is 1.88 bits per heavy atom. The van der Waals surface area contributed by atoms with Crippen molar-refractivity contribution in [2.75, 3.05) is 6.61 Å². The molecule has 0 heterocycles. The Morgan fingerprint density at radius 3 is 2.38 bits per heavy atom. The van der Waals surface area contributed by atoms with E-state index in [1.54, 1.807) is 0 Å². The number of hydrogen-bond acceptors (Lipinski definition) is 2. The predicted molar refractivity (Wildman–Crippen MR) is 65.3 cm³/mol. The Morgan fingerprint density at radius 1 is 1.25 bits per heavy atom. The highest BCUT2D eigenvalue weighted by atomic mass is 16.5. The number of rotatable bonds is 5. The number of carbonyl (C=O) groups is 1. The first-order valence-corrected chi connectivity index (χ1v) is 5.86. The predicted octanol–water partition coefficient (Wildman–Crippen LogP) is 3.38. The van der Waals surface area contributed by atoms with Gasteiger partial charge in [0.15, 0.2) is 0 Å². The van der Waals surface area contributed by atoms with Gasteiger partial charge in [-0.1, -0.05) is 51.1 Å². The molecule has 0 saturated heterocycles. The normalized spacial score (nSPS) is 12.5. The van der Waals surface area contributed by atoms with Crippen molar-refractivity contribution in [2.24, 2.45) is 5.92 Å². The summed E-state index contributed by atoms with van der Waals surface area (Å²) < 4.78 is 5.27. The molecule has 88 valence electrons. The van der Waals surface area contributed by atoms with Crippen LogP contribution in [0.25, 0.3) is 0 Å². The summed E-state index contributed by atoms with van der Waals surface area (Å²) in [5.74, 6) is 0.152. The van der Waals surface area contributed by atoms with E-state index in [2.05, 4.69) is 0 Å². The first-order chi connectivity index (χ1) is 7.65. The molecule has 0 amide bonds. The second-order valence-corrected chi connectivity index (χ2v) is 4.40. The van der Waals surface area contributed by atoms with Gasteiger partial charge in [0.2, 0.25) is 0 Å². The van der Waals surface area contributed by atoms with Gasteiger partial charge in [-0.25, -0.2) is 0 Å². The number of ether oxygens (including phenoxy) is 1. The van der Waals surface area contributed by atoms with Gasteiger partial charge in [-0.2, -0.15) is 0 Å². The van der Waals surface area contributed by atoms with Crippen LogP contribution in [0.3, 0.4) is 0 Å². The lowest BCUT2D eigenvalue weighted by atomic mass is 9.97. The monoisotopic (exact) mass is 220 g/mol. The molecule has 0 N–H and O–H groups in total. The Balaban J connectivity index is 2.64. The first-order valence-electron chi connectivity index (χ1n) is 5.86. The summed E-state index contributed by atoms with van der Waals surface area (Å²) in [4.78, 5) is 11.9. The van der Waals surface area contributed by atoms with Gasteiger partial charge in [0.1, 0.15) is 0 Å². The maximum atomic E-state index is 11.9. The molecule has 2 nitrogen and oxygen atoms in total. The highest BCUT2D eigenvalue weighted by Gasteiger charge is 2.19. The fraction of sp³-hybridized carbons (Fsp3) is 0.500. The van der Waals surface area contributed by atoms with Crippen LogP contribution in [0.2, 0.25) is 0 Å². The topological polar surface area (TPSA) is 26.3 Å². The van der Waals surface area contributed by atoms with E-state index in [0.717, 1.165) is 12.0 Å². The molecule has 0 fully saturated rings. The fourth-order valence-corrected chi connectivity index (χ4v) is 1.57. The third kappa shape index (κ3) is 3.69. The lowest BCUT2D eigenvalue weighted by Gasteiger charge is -2.15. The first kappa shape index (κ1) is 12.8. The molecule has 0 spiro atoms. The molecule has 16 heavy (non-hydrogen) atoms. The average molecular weight is 220 g/mol. The third-order valence-electron chi connectivity index (χ3n) is 2.45. The van der Waals surface area contributed by atoms with Crippen molar-refractivity contribution in [1.82, 2.24) is 0 Å². The van der Waals surface area contributed by atoms with Gasteiger partial charge >= 0.3 is 5.97 Å². The van der Waals surface area contributed by atoms with Crippen molar-refractivity contribution in [3.05, 3.63) is 35.9 Å².